The molecule has 4 rings (SSSR count). The number of carbonyl (C=O) groups excluding carboxylic acids is 2. The molecular formula is C29H28FN5O5. The molecule has 1 aromatic heterocycles. The van der Waals surface area contributed by atoms with E-state index >= 15 is 0 Å². The third-order valence-electron chi connectivity index (χ3n) is 6.21. The van der Waals surface area contributed by atoms with E-state index in [0.717, 1.165) is 5.56 Å². The lowest BCUT2D eigenvalue weighted by atomic mass is 10.1. The highest BCUT2D eigenvalue weighted by Gasteiger charge is 2.21. The van der Waals surface area contributed by atoms with Gasteiger partial charge in [0.25, 0.3) is 5.56 Å². The smallest absolute Gasteiger partial charge is 0.329 e. The van der Waals surface area contributed by atoms with E-state index in [1.165, 1.54) is 23.9 Å². The number of hydrazone groups is 1. The number of benzene rings is 3. The van der Waals surface area contributed by atoms with E-state index in [1.54, 1.807) is 80.2 Å². The Balaban J connectivity index is 1.42. The molecule has 2 N–H and O–H groups in total. The first-order chi connectivity index (χ1) is 19.2. The summed E-state index contributed by atoms with van der Waals surface area (Å²) in [6, 6.07) is 20.0. The normalized spacial score (nSPS) is 11.2. The van der Waals surface area contributed by atoms with Crippen molar-refractivity contribution in [3.8, 4) is 17.2 Å². The highest BCUT2D eigenvalue weighted by Crippen LogP contribution is 2.29. The van der Waals surface area contributed by atoms with Crippen LogP contribution in [0.25, 0.3) is 5.69 Å². The van der Waals surface area contributed by atoms with Gasteiger partial charge in [0.1, 0.15) is 18.1 Å². The minimum atomic E-state index is -1.04. The van der Waals surface area contributed by atoms with Crippen LogP contribution in [0.15, 0.2) is 82.7 Å². The second-order valence-electron chi connectivity index (χ2n) is 8.81. The molecule has 0 saturated heterocycles. The van der Waals surface area contributed by atoms with Crippen LogP contribution in [0.4, 0.5) is 10.1 Å². The van der Waals surface area contributed by atoms with Crippen LogP contribution in [0.5, 0.6) is 11.5 Å². The molecule has 0 bridgehead atoms. The average molecular weight is 546 g/mol. The maximum Gasteiger partial charge on any atom is 0.329 e. The summed E-state index contributed by atoms with van der Waals surface area (Å²) in [4.78, 5) is 38.0. The molecule has 10 nitrogen and oxygen atoms in total. The number of rotatable bonds is 8. The second-order valence-corrected chi connectivity index (χ2v) is 8.81. The van der Waals surface area contributed by atoms with E-state index in [4.69, 9.17) is 9.47 Å². The lowest BCUT2D eigenvalue weighted by Gasteiger charge is -2.12. The number of carbonyl (C=O) groups is 2. The predicted molar refractivity (Wildman–Crippen MR) is 148 cm³/mol. The van der Waals surface area contributed by atoms with Crippen LogP contribution in [-0.4, -0.2) is 34.0 Å². The average Bonchev–Trinajstić information content (AvgIpc) is 3.18. The van der Waals surface area contributed by atoms with Gasteiger partial charge in [-0.05, 0) is 61.9 Å². The number of ether oxygens (including phenoxy) is 2. The summed E-state index contributed by atoms with van der Waals surface area (Å²) in [7, 11) is 3.17. The van der Waals surface area contributed by atoms with Crippen LogP contribution in [0.1, 0.15) is 23.7 Å². The number of nitrogens with zero attached hydrogens (tertiary/aromatic N) is 3. The van der Waals surface area contributed by atoms with Crippen molar-refractivity contribution >= 4 is 23.2 Å². The van der Waals surface area contributed by atoms with Gasteiger partial charge in [-0.15, -0.1) is 0 Å². The van der Waals surface area contributed by atoms with E-state index in [9.17, 15) is 18.8 Å². The molecule has 40 heavy (non-hydrogen) atoms. The van der Waals surface area contributed by atoms with Gasteiger partial charge in [-0.1, -0.05) is 30.3 Å². The number of anilines is 1. The van der Waals surface area contributed by atoms with Crippen molar-refractivity contribution in [3.63, 3.8) is 0 Å². The van der Waals surface area contributed by atoms with Gasteiger partial charge in [0.15, 0.2) is 11.5 Å². The molecule has 0 aliphatic heterocycles. The molecule has 0 unspecified atom stereocenters. The zero-order valence-corrected chi connectivity index (χ0v) is 22.4. The zero-order chi connectivity index (χ0) is 28.8. The van der Waals surface area contributed by atoms with E-state index in [2.05, 4.69) is 15.8 Å². The number of hydrogen-bond acceptors (Lipinski definition) is 6. The molecule has 0 aliphatic rings. The molecule has 0 spiro atoms. The number of halogens is 1. The predicted octanol–water partition coefficient (Wildman–Crippen LogP) is 3.69. The van der Waals surface area contributed by atoms with Crippen molar-refractivity contribution < 1.29 is 23.5 Å². The lowest BCUT2D eigenvalue weighted by Crippen LogP contribution is -2.34. The maximum atomic E-state index is 13.1. The van der Waals surface area contributed by atoms with E-state index < -0.39 is 17.4 Å². The van der Waals surface area contributed by atoms with Crippen molar-refractivity contribution in [2.24, 2.45) is 12.1 Å². The van der Waals surface area contributed by atoms with Crippen LogP contribution in [0.2, 0.25) is 0 Å². The number of methoxy groups -OCH3 is 1. The Labute approximate surface area is 229 Å². The van der Waals surface area contributed by atoms with Crippen LogP contribution in [0.3, 0.4) is 0 Å². The van der Waals surface area contributed by atoms with Gasteiger partial charge in [-0.25, -0.2) is 14.5 Å². The number of para-hydroxylation sites is 1. The van der Waals surface area contributed by atoms with Gasteiger partial charge >= 0.3 is 11.8 Å². The minimum Gasteiger partial charge on any atom is -0.493 e. The molecule has 0 radical (unpaired) electrons. The van der Waals surface area contributed by atoms with Gasteiger partial charge in [0.2, 0.25) is 0 Å². The number of amides is 2. The molecule has 0 saturated carbocycles. The van der Waals surface area contributed by atoms with Crippen molar-refractivity contribution in [2.75, 3.05) is 12.4 Å². The number of aromatic nitrogens is 2. The van der Waals surface area contributed by atoms with Gasteiger partial charge < -0.3 is 14.8 Å². The molecule has 4 aromatic rings. The van der Waals surface area contributed by atoms with Crippen LogP contribution >= 0.6 is 0 Å². The maximum absolute atomic E-state index is 13.1. The standard InChI is InChI=1S/C29H28FN5O5/c1-18(21-12-15-24(25(16-21)39-4)40-17-20-10-13-22(30)14-11-20)32-33-28(37)27(36)31-26-19(2)34(3)35(29(26)38)23-8-6-5-7-9-23/h5-16H,17H2,1-4H3,(H,31,36)(H,33,37)/b32-18+. The van der Waals surface area contributed by atoms with Crippen molar-refractivity contribution in [1.29, 1.82) is 0 Å². The molecular weight excluding hydrogens is 517 g/mol. The lowest BCUT2D eigenvalue weighted by molar-refractivity contribution is -0.136. The van der Waals surface area contributed by atoms with E-state index in [-0.39, 0.29) is 18.1 Å². The topological polar surface area (TPSA) is 116 Å². The molecule has 11 heteroatoms. The van der Waals surface area contributed by atoms with Gasteiger partial charge in [0, 0.05) is 12.6 Å². The summed E-state index contributed by atoms with van der Waals surface area (Å²) in [5, 5.41) is 6.41. The third kappa shape index (κ3) is 6.09. The Morgan fingerprint density at radius 2 is 1.68 bits per heavy atom. The zero-order valence-electron chi connectivity index (χ0n) is 22.4. The highest BCUT2D eigenvalue weighted by molar-refractivity contribution is 6.39. The fourth-order valence-corrected chi connectivity index (χ4v) is 3.89. The number of hydrogen-bond donors (Lipinski definition) is 2. The number of nitrogens with one attached hydrogen (secondary N) is 2. The fraction of sp³-hybridized carbons (Fsp3) is 0.172. The quantitative estimate of drug-likeness (QED) is 0.199. The minimum absolute atomic E-state index is 0.00633. The van der Waals surface area contributed by atoms with Crippen molar-refractivity contribution in [2.45, 2.75) is 20.5 Å². The largest absolute Gasteiger partial charge is 0.493 e. The first kappa shape index (κ1) is 27.8. The molecule has 3 aromatic carbocycles. The molecule has 2 amide bonds. The molecule has 1 heterocycles. The second kappa shape index (κ2) is 12.1. The summed E-state index contributed by atoms with van der Waals surface area (Å²) < 4.78 is 27.3. The van der Waals surface area contributed by atoms with Gasteiger partial charge in [0.05, 0.1) is 24.2 Å². The first-order valence-corrected chi connectivity index (χ1v) is 12.2. The molecule has 0 atom stereocenters. The van der Waals surface area contributed by atoms with E-state index in [1.807, 2.05) is 6.07 Å². The summed E-state index contributed by atoms with van der Waals surface area (Å²) in [5.74, 6) is -1.52. The SMILES string of the molecule is COc1cc(/C(C)=N/NC(=O)C(=O)Nc2c(C)n(C)n(-c3ccccc3)c2=O)ccc1OCc1ccc(F)cc1. The van der Waals surface area contributed by atoms with Crippen LogP contribution < -0.4 is 25.8 Å². The first-order valence-electron chi connectivity index (χ1n) is 12.2. The van der Waals surface area contributed by atoms with Crippen molar-refractivity contribution in [1.82, 2.24) is 14.8 Å². The summed E-state index contributed by atoms with van der Waals surface area (Å²) in [5.41, 5.74) is 4.62. The Morgan fingerprint density at radius 3 is 2.35 bits per heavy atom. The van der Waals surface area contributed by atoms with Gasteiger partial charge in [-0.2, -0.15) is 5.10 Å². The van der Waals surface area contributed by atoms with Gasteiger partial charge in [-0.3, -0.25) is 19.1 Å². The van der Waals surface area contributed by atoms with Crippen molar-refractivity contribution in [3.05, 3.63) is 106 Å². The Morgan fingerprint density at radius 1 is 0.975 bits per heavy atom. The fourth-order valence-electron chi connectivity index (χ4n) is 3.89. The Kier molecular flexibility index (Phi) is 8.43. The summed E-state index contributed by atoms with van der Waals surface area (Å²) in [6.07, 6.45) is 0. The van der Waals surface area contributed by atoms with E-state index in [0.29, 0.717) is 34.2 Å². The Bertz CT molecular complexity index is 1630. The molecule has 0 aliphatic carbocycles. The summed E-state index contributed by atoms with van der Waals surface area (Å²) >= 11 is 0. The van der Waals surface area contributed by atoms with Crippen LogP contribution in [-0.2, 0) is 23.2 Å². The van der Waals surface area contributed by atoms with Crippen LogP contribution in [0, 0.1) is 12.7 Å². The monoisotopic (exact) mass is 545 g/mol. The Hall–Kier alpha value is -5.19. The molecule has 206 valence electrons. The molecule has 0 fully saturated rings. The summed E-state index contributed by atoms with van der Waals surface area (Å²) in [6.45, 7) is 3.52. The third-order valence-corrected chi connectivity index (χ3v) is 6.21. The highest BCUT2D eigenvalue weighted by atomic mass is 19.1.